The molecule has 0 spiro atoms. The van der Waals surface area contributed by atoms with Crippen molar-refractivity contribution < 1.29 is 14.7 Å². The molecular formula is C20H34N2O3. The van der Waals surface area contributed by atoms with Crippen LogP contribution in [0, 0.1) is 22.7 Å². The van der Waals surface area contributed by atoms with Crippen LogP contribution in [0.5, 0.6) is 0 Å². The highest BCUT2D eigenvalue weighted by Crippen LogP contribution is 2.65. The molecule has 3 fully saturated rings. The Hall–Kier alpha value is -1.26. The number of hydrogen-bond donors (Lipinski definition) is 3. The van der Waals surface area contributed by atoms with Gasteiger partial charge in [-0.15, -0.1) is 0 Å². The van der Waals surface area contributed by atoms with E-state index in [1.165, 1.54) is 25.7 Å². The van der Waals surface area contributed by atoms with Gasteiger partial charge in [0.15, 0.2) is 0 Å². The van der Waals surface area contributed by atoms with E-state index in [1.807, 2.05) is 0 Å². The molecule has 0 heterocycles. The Morgan fingerprint density at radius 2 is 1.80 bits per heavy atom. The average molecular weight is 351 g/mol. The second kappa shape index (κ2) is 6.81. The number of hydrogen-bond acceptors (Lipinski definition) is 2. The zero-order valence-electron chi connectivity index (χ0n) is 15.9. The smallest absolute Gasteiger partial charge is 0.405 e. The lowest BCUT2D eigenvalue weighted by Gasteiger charge is -2.40. The number of rotatable bonds is 5. The highest BCUT2D eigenvalue weighted by Gasteiger charge is 2.61. The van der Waals surface area contributed by atoms with Crippen molar-refractivity contribution in [1.82, 2.24) is 10.6 Å². The molecule has 0 aromatic heterocycles. The van der Waals surface area contributed by atoms with E-state index in [1.54, 1.807) is 0 Å². The Morgan fingerprint density at radius 3 is 2.32 bits per heavy atom. The Balaban J connectivity index is 1.65. The lowest BCUT2D eigenvalue weighted by Crippen LogP contribution is -2.54. The zero-order chi connectivity index (χ0) is 18.2. The summed E-state index contributed by atoms with van der Waals surface area (Å²) < 4.78 is 0. The van der Waals surface area contributed by atoms with E-state index in [4.69, 9.17) is 0 Å². The van der Waals surface area contributed by atoms with E-state index in [0.717, 1.165) is 25.7 Å². The van der Waals surface area contributed by atoms with Crippen molar-refractivity contribution in [2.75, 3.05) is 0 Å². The Bertz CT molecular complexity index is 527. The van der Waals surface area contributed by atoms with Crippen LogP contribution in [0.1, 0.15) is 78.6 Å². The molecule has 3 saturated carbocycles. The first kappa shape index (κ1) is 18.5. The monoisotopic (exact) mass is 350 g/mol. The van der Waals surface area contributed by atoms with Crippen LogP contribution in [0.2, 0.25) is 0 Å². The number of carbonyl (C=O) groups is 2. The minimum absolute atomic E-state index is 0.117. The van der Waals surface area contributed by atoms with Gasteiger partial charge in [-0.2, -0.15) is 0 Å². The van der Waals surface area contributed by atoms with Gasteiger partial charge in [-0.05, 0) is 48.3 Å². The molecule has 0 aromatic rings. The van der Waals surface area contributed by atoms with Gasteiger partial charge in [0.05, 0.1) is 0 Å². The highest BCUT2D eigenvalue weighted by atomic mass is 16.4. The van der Waals surface area contributed by atoms with Crippen LogP contribution >= 0.6 is 0 Å². The molecule has 5 heteroatoms. The maximum absolute atomic E-state index is 12.9. The molecular weight excluding hydrogens is 316 g/mol. The summed E-state index contributed by atoms with van der Waals surface area (Å²) in [5.74, 6) is 0.998. The first-order valence-electron chi connectivity index (χ1n) is 10.0. The summed E-state index contributed by atoms with van der Waals surface area (Å²) in [7, 11) is 0. The minimum atomic E-state index is -1.10. The van der Waals surface area contributed by atoms with Gasteiger partial charge in [-0.1, -0.05) is 52.9 Å². The summed E-state index contributed by atoms with van der Waals surface area (Å²) in [5, 5.41) is 14.9. The summed E-state index contributed by atoms with van der Waals surface area (Å²) >= 11 is 0. The molecule has 2 bridgehead atoms. The second-order valence-electron chi connectivity index (χ2n) is 9.41. The summed E-state index contributed by atoms with van der Waals surface area (Å²) in [6, 6.07) is -0.454. The molecule has 3 aliphatic rings. The van der Waals surface area contributed by atoms with Crippen molar-refractivity contribution in [3.05, 3.63) is 0 Å². The van der Waals surface area contributed by atoms with Gasteiger partial charge in [-0.3, -0.25) is 4.79 Å². The lowest BCUT2D eigenvalue weighted by atomic mass is 9.69. The third-order valence-corrected chi connectivity index (χ3v) is 8.02. The van der Waals surface area contributed by atoms with Crippen LogP contribution in [0.3, 0.4) is 0 Å². The highest BCUT2D eigenvalue weighted by molar-refractivity contribution is 5.85. The first-order valence-corrected chi connectivity index (χ1v) is 10.0. The summed E-state index contributed by atoms with van der Waals surface area (Å²) in [6.07, 6.45) is 8.83. The van der Waals surface area contributed by atoms with Crippen LogP contribution < -0.4 is 10.6 Å². The molecule has 142 valence electrons. The topological polar surface area (TPSA) is 78.4 Å². The van der Waals surface area contributed by atoms with Crippen LogP contribution in [-0.2, 0) is 4.79 Å². The number of nitrogens with one attached hydrogen (secondary N) is 2. The van der Waals surface area contributed by atoms with Gasteiger partial charge in [0.1, 0.15) is 6.04 Å². The molecule has 0 unspecified atom stereocenters. The van der Waals surface area contributed by atoms with Gasteiger partial charge in [0.25, 0.3) is 0 Å². The van der Waals surface area contributed by atoms with Crippen molar-refractivity contribution in [1.29, 1.82) is 0 Å². The van der Waals surface area contributed by atoms with Crippen molar-refractivity contribution in [3.8, 4) is 0 Å². The summed E-state index contributed by atoms with van der Waals surface area (Å²) in [5.41, 5.74) is 0.357. The summed E-state index contributed by atoms with van der Waals surface area (Å²) in [4.78, 5) is 24.1. The number of carbonyl (C=O) groups excluding carboxylic acids is 1. The first-order chi connectivity index (χ1) is 11.7. The normalized spacial score (nSPS) is 35.3. The number of fused-ring (bicyclic) bond motifs is 2. The van der Waals surface area contributed by atoms with E-state index >= 15 is 0 Å². The van der Waals surface area contributed by atoms with Crippen molar-refractivity contribution in [3.63, 3.8) is 0 Å². The largest absolute Gasteiger partial charge is 0.465 e. The number of amides is 2. The van der Waals surface area contributed by atoms with Crippen LogP contribution in [0.4, 0.5) is 4.79 Å². The van der Waals surface area contributed by atoms with Crippen molar-refractivity contribution in [2.24, 2.45) is 22.7 Å². The van der Waals surface area contributed by atoms with Gasteiger partial charge in [0, 0.05) is 6.04 Å². The van der Waals surface area contributed by atoms with E-state index in [2.05, 4.69) is 31.4 Å². The van der Waals surface area contributed by atoms with Crippen LogP contribution in [-0.4, -0.2) is 29.2 Å². The number of carboxylic acid groups (broad SMARTS) is 1. The van der Waals surface area contributed by atoms with Gasteiger partial charge < -0.3 is 15.7 Å². The molecule has 4 atom stereocenters. The minimum Gasteiger partial charge on any atom is -0.465 e. The molecule has 0 saturated heterocycles. The molecule has 3 N–H and O–H groups in total. The standard InChI is InChI=1S/C20H34N2O3/c1-19(2)14-9-10-20(19,3)16(12-14)22-17(23)15(21-18(24)25)11-13-7-5-4-6-8-13/h13-16,21H,4-12H2,1-3H3,(H,22,23)(H,24,25)/t14-,15+,16+,20+/m1/s1. The second-order valence-corrected chi connectivity index (χ2v) is 9.41. The third-order valence-electron chi connectivity index (χ3n) is 8.02. The van der Waals surface area contributed by atoms with Crippen LogP contribution in [0.25, 0.3) is 0 Å². The predicted molar refractivity (Wildman–Crippen MR) is 97.3 cm³/mol. The Morgan fingerprint density at radius 1 is 1.12 bits per heavy atom. The fourth-order valence-electron chi connectivity index (χ4n) is 5.83. The van der Waals surface area contributed by atoms with Crippen molar-refractivity contribution >= 4 is 12.0 Å². The lowest BCUT2D eigenvalue weighted by molar-refractivity contribution is -0.125. The average Bonchev–Trinajstić information content (AvgIpc) is 2.88. The fourth-order valence-corrected chi connectivity index (χ4v) is 5.83. The van der Waals surface area contributed by atoms with Crippen LogP contribution in [0.15, 0.2) is 0 Å². The Kier molecular flexibility index (Phi) is 5.04. The van der Waals surface area contributed by atoms with E-state index in [-0.39, 0.29) is 22.8 Å². The SMILES string of the molecule is CC1(C)[C@@H]2CC[C@@]1(C)[C@@H](NC(=O)[C@H](CC1CCCCC1)NC(=O)O)C2. The van der Waals surface area contributed by atoms with E-state index < -0.39 is 12.1 Å². The van der Waals surface area contributed by atoms with E-state index in [9.17, 15) is 14.7 Å². The molecule has 3 rings (SSSR count). The molecule has 0 aromatic carbocycles. The van der Waals surface area contributed by atoms with Gasteiger partial charge in [0.2, 0.25) is 5.91 Å². The molecule has 3 aliphatic carbocycles. The zero-order valence-corrected chi connectivity index (χ0v) is 15.9. The van der Waals surface area contributed by atoms with Gasteiger partial charge in [-0.25, -0.2) is 4.79 Å². The maximum Gasteiger partial charge on any atom is 0.405 e. The quantitative estimate of drug-likeness (QED) is 0.703. The molecule has 5 nitrogen and oxygen atoms in total. The molecule has 0 aliphatic heterocycles. The molecule has 25 heavy (non-hydrogen) atoms. The maximum atomic E-state index is 12.9. The third kappa shape index (κ3) is 3.39. The fraction of sp³-hybridized carbons (Fsp3) is 0.900. The molecule has 0 radical (unpaired) electrons. The van der Waals surface area contributed by atoms with Crippen molar-refractivity contribution in [2.45, 2.75) is 90.6 Å². The predicted octanol–water partition coefficient (Wildman–Crippen LogP) is 3.92. The Labute approximate surface area is 151 Å². The van der Waals surface area contributed by atoms with Gasteiger partial charge >= 0.3 is 6.09 Å². The summed E-state index contributed by atoms with van der Waals surface area (Å²) in [6.45, 7) is 6.95. The van der Waals surface area contributed by atoms with E-state index in [0.29, 0.717) is 18.3 Å². The molecule has 2 amide bonds.